The Labute approximate surface area is 149 Å². The maximum absolute atomic E-state index is 12.4. The largest absolute Gasteiger partial charge is 0.496 e. The summed E-state index contributed by atoms with van der Waals surface area (Å²) >= 11 is 0. The van der Waals surface area contributed by atoms with Crippen molar-refractivity contribution in [1.82, 2.24) is 4.90 Å². The summed E-state index contributed by atoms with van der Waals surface area (Å²) in [4.78, 5) is 15.5. The quantitative estimate of drug-likeness (QED) is 0.739. The number of piperazine rings is 1. The number of carbonyl (C=O) groups is 1. The number of hydrogen-bond acceptors (Lipinski definition) is 4. The Hall–Kier alpha value is -1.86. The molecule has 1 aromatic carbocycles. The molecule has 2 heterocycles. The van der Waals surface area contributed by atoms with Gasteiger partial charge in [0.05, 0.1) is 39.0 Å². The van der Waals surface area contributed by atoms with Crippen molar-refractivity contribution in [2.24, 2.45) is 0 Å². The summed E-state index contributed by atoms with van der Waals surface area (Å²) in [5, 5.41) is 0. The molecule has 0 unspecified atom stereocenters. The van der Waals surface area contributed by atoms with Crippen LogP contribution in [0.2, 0.25) is 0 Å². The first kappa shape index (κ1) is 17.9. The number of para-hydroxylation sites is 1. The molecule has 0 spiro atoms. The van der Waals surface area contributed by atoms with Gasteiger partial charge in [0.2, 0.25) is 5.91 Å². The summed E-state index contributed by atoms with van der Waals surface area (Å²) in [5.74, 6) is 1.34. The summed E-state index contributed by atoms with van der Waals surface area (Å²) in [6.45, 7) is 2.96. The third-order valence-electron chi connectivity index (χ3n) is 5.07. The van der Waals surface area contributed by atoms with Crippen LogP contribution in [-0.4, -0.2) is 70.1 Å². The van der Waals surface area contributed by atoms with Crippen LogP contribution in [0.1, 0.15) is 12.0 Å². The van der Waals surface area contributed by atoms with Crippen LogP contribution in [0.3, 0.4) is 0 Å². The first-order chi connectivity index (χ1) is 12.0. The van der Waals surface area contributed by atoms with Gasteiger partial charge in [-0.1, -0.05) is 18.2 Å². The lowest BCUT2D eigenvalue weighted by molar-refractivity contribution is -0.925. The van der Waals surface area contributed by atoms with Crippen molar-refractivity contribution in [2.45, 2.75) is 12.5 Å². The molecule has 6 nitrogen and oxygen atoms in total. The minimum absolute atomic E-state index is 0.0102. The Morgan fingerprint density at radius 2 is 2.00 bits per heavy atom. The molecule has 0 bridgehead atoms. The highest BCUT2D eigenvalue weighted by atomic mass is 32.2. The van der Waals surface area contributed by atoms with E-state index in [4.69, 9.17) is 4.74 Å². The molecule has 136 valence electrons. The van der Waals surface area contributed by atoms with Crippen molar-refractivity contribution in [3.05, 3.63) is 35.9 Å². The van der Waals surface area contributed by atoms with Crippen molar-refractivity contribution in [2.75, 3.05) is 44.8 Å². The fraction of sp³-hybridized carbons (Fsp3) is 0.500. The lowest BCUT2D eigenvalue weighted by Crippen LogP contribution is -3.18. The second-order valence-electron chi connectivity index (χ2n) is 6.66. The van der Waals surface area contributed by atoms with Gasteiger partial charge in [0.25, 0.3) is 0 Å². The van der Waals surface area contributed by atoms with Gasteiger partial charge in [-0.2, -0.15) is 0 Å². The zero-order valence-corrected chi connectivity index (χ0v) is 15.3. The number of amides is 1. The van der Waals surface area contributed by atoms with Crippen LogP contribution in [0.5, 0.6) is 5.75 Å². The predicted octanol–water partition coefficient (Wildman–Crippen LogP) is -0.377. The van der Waals surface area contributed by atoms with Crippen molar-refractivity contribution < 1.29 is 22.8 Å². The highest BCUT2D eigenvalue weighted by Crippen LogP contribution is 2.18. The number of hydrogen-bond donors (Lipinski definition) is 1. The van der Waals surface area contributed by atoms with E-state index in [1.54, 1.807) is 19.3 Å². The Kier molecular flexibility index (Phi) is 5.44. The predicted molar refractivity (Wildman–Crippen MR) is 96.4 cm³/mol. The van der Waals surface area contributed by atoms with E-state index in [1.165, 1.54) is 4.90 Å². The van der Waals surface area contributed by atoms with Gasteiger partial charge in [0.15, 0.2) is 9.84 Å². The normalized spacial score (nSPS) is 23.9. The Bertz CT molecular complexity index is 752. The van der Waals surface area contributed by atoms with Crippen molar-refractivity contribution in [3.8, 4) is 5.75 Å². The lowest BCUT2D eigenvalue weighted by atomic mass is 10.1. The van der Waals surface area contributed by atoms with Gasteiger partial charge >= 0.3 is 0 Å². The van der Waals surface area contributed by atoms with Crippen LogP contribution < -0.4 is 9.64 Å². The van der Waals surface area contributed by atoms with Gasteiger partial charge in [0.1, 0.15) is 17.5 Å². The number of nitrogens with zero attached hydrogens (tertiary/aromatic N) is 1. The Morgan fingerprint density at radius 3 is 2.64 bits per heavy atom. The molecule has 0 saturated carbocycles. The molecular formula is C18H25N2O4S+. The minimum atomic E-state index is -2.84. The molecule has 2 aliphatic rings. The molecule has 1 N–H and O–H groups in total. The molecule has 1 aromatic rings. The van der Waals surface area contributed by atoms with E-state index >= 15 is 0 Å². The monoisotopic (exact) mass is 365 g/mol. The van der Waals surface area contributed by atoms with Crippen LogP contribution in [-0.2, 0) is 14.6 Å². The number of carbonyl (C=O) groups excluding carboxylic acids is 1. The summed E-state index contributed by atoms with van der Waals surface area (Å²) in [6.07, 6.45) is 4.12. The Balaban J connectivity index is 1.54. The molecule has 25 heavy (non-hydrogen) atoms. The van der Waals surface area contributed by atoms with Gasteiger partial charge in [-0.15, -0.1) is 0 Å². The molecule has 1 atom stereocenters. The molecule has 0 radical (unpaired) electrons. The molecule has 0 aromatic heterocycles. The van der Waals surface area contributed by atoms with E-state index in [-0.39, 0.29) is 11.9 Å². The standard InChI is InChI=1S/C18H24N2O4S/c1-24-17-5-3-2-4-15(17)6-7-18(21)20-11-9-19(10-12-20)16-8-13-25(22,23)14-16/h2-7,16H,8-14H2,1H3/p+1/b7-6+/t16-/m1/s1. The van der Waals surface area contributed by atoms with E-state index < -0.39 is 9.84 Å². The first-order valence-corrected chi connectivity index (χ1v) is 10.5. The van der Waals surface area contributed by atoms with Crippen LogP contribution in [0, 0.1) is 0 Å². The van der Waals surface area contributed by atoms with Crippen molar-refractivity contribution in [3.63, 3.8) is 0 Å². The topological polar surface area (TPSA) is 68.1 Å². The minimum Gasteiger partial charge on any atom is -0.496 e. The van der Waals surface area contributed by atoms with Gasteiger partial charge in [-0.3, -0.25) is 4.79 Å². The van der Waals surface area contributed by atoms with Gasteiger partial charge in [-0.25, -0.2) is 8.42 Å². The maximum Gasteiger partial charge on any atom is 0.246 e. The third kappa shape index (κ3) is 4.41. The molecule has 2 aliphatic heterocycles. The van der Waals surface area contributed by atoms with Crippen LogP contribution in [0.15, 0.2) is 30.3 Å². The molecular weight excluding hydrogens is 340 g/mol. The first-order valence-electron chi connectivity index (χ1n) is 8.63. The summed E-state index contributed by atoms with van der Waals surface area (Å²) in [6, 6.07) is 7.77. The number of benzene rings is 1. The summed E-state index contributed by atoms with van der Waals surface area (Å²) < 4.78 is 28.5. The fourth-order valence-corrected chi connectivity index (χ4v) is 5.44. The molecule has 0 aliphatic carbocycles. The average molecular weight is 365 g/mol. The third-order valence-corrected chi connectivity index (χ3v) is 6.84. The lowest BCUT2D eigenvalue weighted by Gasteiger charge is -2.34. The second kappa shape index (κ2) is 7.58. The number of ether oxygens (including phenoxy) is 1. The second-order valence-corrected chi connectivity index (χ2v) is 8.89. The van der Waals surface area contributed by atoms with E-state index in [1.807, 2.05) is 29.2 Å². The zero-order chi connectivity index (χ0) is 17.9. The number of methoxy groups -OCH3 is 1. The van der Waals surface area contributed by atoms with Crippen molar-refractivity contribution >= 4 is 21.8 Å². The smallest absolute Gasteiger partial charge is 0.246 e. The molecule has 3 rings (SSSR count). The van der Waals surface area contributed by atoms with Gasteiger partial charge < -0.3 is 14.5 Å². The molecule has 1 amide bonds. The molecule has 2 saturated heterocycles. The highest BCUT2D eigenvalue weighted by molar-refractivity contribution is 7.91. The SMILES string of the molecule is COc1ccccc1/C=C/C(=O)N1CC[NH+]([C@@H]2CCS(=O)(=O)C2)CC1. The number of quaternary nitrogens is 1. The van der Waals surface area contributed by atoms with E-state index in [2.05, 4.69) is 0 Å². The maximum atomic E-state index is 12.4. The number of nitrogens with one attached hydrogen (secondary N) is 1. The van der Waals surface area contributed by atoms with E-state index in [0.717, 1.165) is 30.8 Å². The van der Waals surface area contributed by atoms with Crippen LogP contribution in [0.25, 0.3) is 6.08 Å². The number of rotatable bonds is 4. The summed E-state index contributed by atoms with van der Waals surface area (Å²) in [5.41, 5.74) is 0.874. The molecule has 2 fully saturated rings. The summed E-state index contributed by atoms with van der Waals surface area (Å²) in [7, 11) is -1.23. The van der Waals surface area contributed by atoms with Gasteiger partial charge in [0, 0.05) is 18.1 Å². The zero-order valence-electron chi connectivity index (χ0n) is 14.5. The Morgan fingerprint density at radius 1 is 1.28 bits per heavy atom. The van der Waals surface area contributed by atoms with Gasteiger partial charge in [-0.05, 0) is 12.1 Å². The number of sulfone groups is 1. The van der Waals surface area contributed by atoms with Crippen LogP contribution in [0.4, 0.5) is 0 Å². The van der Waals surface area contributed by atoms with Crippen molar-refractivity contribution in [1.29, 1.82) is 0 Å². The fourth-order valence-electron chi connectivity index (χ4n) is 3.61. The van der Waals surface area contributed by atoms with E-state index in [0.29, 0.717) is 24.6 Å². The van der Waals surface area contributed by atoms with Crippen LogP contribution >= 0.6 is 0 Å². The van der Waals surface area contributed by atoms with E-state index in [9.17, 15) is 13.2 Å². The highest BCUT2D eigenvalue weighted by Gasteiger charge is 2.37. The molecule has 7 heteroatoms. The average Bonchev–Trinajstić information content (AvgIpc) is 3.00.